The lowest BCUT2D eigenvalue weighted by atomic mass is 9.97. The van der Waals surface area contributed by atoms with Gasteiger partial charge in [-0.1, -0.05) is 12.8 Å². The lowest BCUT2D eigenvalue weighted by Crippen LogP contribution is -2.53. The van der Waals surface area contributed by atoms with E-state index in [4.69, 9.17) is 0 Å². The van der Waals surface area contributed by atoms with Crippen LogP contribution in [0.5, 0.6) is 0 Å². The zero-order chi connectivity index (χ0) is 9.31. The third kappa shape index (κ3) is 1.89. The van der Waals surface area contributed by atoms with Crippen molar-refractivity contribution in [3.05, 3.63) is 0 Å². The van der Waals surface area contributed by atoms with E-state index in [-0.39, 0.29) is 0 Å². The van der Waals surface area contributed by atoms with Gasteiger partial charge in [-0.15, -0.1) is 0 Å². The highest BCUT2D eigenvalue weighted by Crippen LogP contribution is 2.35. The first-order chi connectivity index (χ1) is 6.21. The minimum absolute atomic E-state index is 0.557. The molecule has 0 aromatic carbocycles. The van der Waals surface area contributed by atoms with Crippen LogP contribution in [0.25, 0.3) is 0 Å². The molecule has 0 amide bonds. The highest BCUT2D eigenvalue weighted by atomic mass is 15.3. The maximum absolute atomic E-state index is 2.72. The van der Waals surface area contributed by atoms with Crippen LogP contribution in [-0.4, -0.2) is 48.6 Å². The topological polar surface area (TPSA) is 6.48 Å². The predicted molar refractivity (Wildman–Crippen MR) is 55.9 cm³/mol. The molecule has 0 radical (unpaired) electrons. The summed E-state index contributed by atoms with van der Waals surface area (Å²) in [6.07, 6.45) is 5.75. The van der Waals surface area contributed by atoms with E-state index in [0.717, 1.165) is 0 Å². The summed E-state index contributed by atoms with van der Waals surface area (Å²) >= 11 is 0. The summed E-state index contributed by atoms with van der Waals surface area (Å²) in [5.41, 5.74) is 0.557. The summed E-state index contributed by atoms with van der Waals surface area (Å²) in [5, 5.41) is 0. The maximum atomic E-state index is 2.72. The lowest BCUT2D eigenvalue weighted by molar-refractivity contribution is 0.0550. The van der Waals surface area contributed by atoms with Crippen LogP contribution in [0.1, 0.15) is 32.6 Å². The van der Waals surface area contributed by atoms with Gasteiger partial charge in [-0.25, -0.2) is 0 Å². The average molecular weight is 182 g/mol. The van der Waals surface area contributed by atoms with Gasteiger partial charge in [0.25, 0.3) is 0 Å². The van der Waals surface area contributed by atoms with Crippen molar-refractivity contribution < 1.29 is 0 Å². The molecule has 2 rings (SSSR count). The van der Waals surface area contributed by atoms with Crippen LogP contribution < -0.4 is 0 Å². The summed E-state index contributed by atoms with van der Waals surface area (Å²) in [5.74, 6) is 0. The van der Waals surface area contributed by atoms with Crippen molar-refractivity contribution in [2.24, 2.45) is 0 Å². The fourth-order valence-corrected chi connectivity index (χ4v) is 2.80. The highest BCUT2D eigenvalue weighted by molar-refractivity contribution is 4.92. The largest absolute Gasteiger partial charge is 0.304 e. The van der Waals surface area contributed by atoms with Crippen LogP contribution >= 0.6 is 0 Å². The minimum atomic E-state index is 0.557. The molecule has 0 spiro atoms. The normalized spacial score (nSPS) is 30.9. The van der Waals surface area contributed by atoms with E-state index in [1.54, 1.807) is 0 Å². The van der Waals surface area contributed by atoms with Crippen LogP contribution in [0.15, 0.2) is 0 Å². The molecule has 0 unspecified atom stereocenters. The van der Waals surface area contributed by atoms with E-state index < -0.39 is 0 Å². The Balaban J connectivity index is 1.93. The van der Waals surface area contributed by atoms with Crippen molar-refractivity contribution >= 4 is 0 Å². The number of hydrogen-bond donors (Lipinski definition) is 0. The first kappa shape index (κ1) is 9.47. The molecule has 0 aromatic rings. The summed E-state index contributed by atoms with van der Waals surface area (Å²) in [7, 11) is 2.23. The molecule has 0 bridgehead atoms. The third-order valence-corrected chi connectivity index (χ3v) is 3.95. The van der Waals surface area contributed by atoms with Gasteiger partial charge in [-0.05, 0) is 26.8 Å². The van der Waals surface area contributed by atoms with Crippen LogP contribution in [0.3, 0.4) is 0 Å². The third-order valence-electron chi connectivity index (χ3n) is 3.95. The molecular formula is C11H22N2. The van der Waals surface area contributed by atoms with Gasteiger partial charge in [-0.3, -0.25) is 4.90 Å². The summed E-state index contributed by atoms with van der Waals surface area (Å²) in [4.78, 5) is 5.16. The second-order valence-corrected chi connectivity index (χ2v) is 4.99. The molecule has 2 heteroatoms. The molecule has 1 aliphatic heterocycles. The molecule has 0 aromatic heterocycles. The number of nitrogens with zero attached hydrogens (tertiary/aromatic N) is 2. The number of likely N-dealkylation sites (N-methyl/N-ethyl adjacent to an activating group) is 1. The first-order valence-corrected chi connectivity index (χ1v) is 5.64. The van der Waals surface area contributed by atoms with Crippen molar-refractivity contribution in [3.8, 4) is 0 Å². The fourth-order valence-electron chi connectivity index (χ4n) is 2.80. The van der Waals surface area contributed by atoms with E-state index in [1.165, 1.54) is 51.9 Å². The molecule has 1 saturated heterocycles. The summed E-state index contributed by atoms with van der Waals surface area (Å²) in [6, 6.07) is 0. The Morgan fingerprint density at radius 1 is 0.923 bits per heavy atom. The van der Waals surface area contributed by atoms with Crippen molar-refractivity contribution in [2.45, 2.75) is 38.1 Å². The Bertz CT molecular complexity index is 165. The Morgan fingerprint density at radius 3 is 2.00 bits per heavy atom. The van der Waals surface area contributed by atoms with Gasteiger partial charge in [0.2, 0.25) is 0 Å². The van der Waals surface area contributed by atoms with E-state index in [1.807, 2.05) is 0 Å². The van der Waals surface area contributed by atoms with E-state index >= 15 is 0 Å². The monoisotopic (exact) mass is 182 g/mol. The quantitative estimate of drug-likeness (QED) is 0.607. The number of rotatable bonds is 1. The Morgan fingerprint density at radius 2 is 1.46 bits per heavy atom. The number of piperazine rings is 1. The van der Waals surface area contributed by atoms with E-state index in [2.05, 4.69) is 23.8 Å². The first-order valence-electron chi connectivity index (χ1n) is 5.64. The summed E-state index contributed by atoms with van der Waals surface area (Å²) < 4.78 is 0. The molecule has 1 saturated carbocycles. The van der Waals surface area contributed by atoms with E-state index in [9.17, 15) is 0 Å². The second kappa shape index (κ2) is 3.58. The van der Waals surface area contributed by atoms with Gasteiger partial charge in [0.05, 0.1) is 0 Å². The molecule has 2 aliphatic rings. The van der Waals surface area contributed by atoms with Crippen molar-refractivity contribution in [2.75, 3.05) is 33.2 Å². The number of hydrogen-bond acceptors (Lipinski definition) is 2. The zero-order valence-corrected chi connectivity index (χ0v) is 9.05. The van der Waals surface area contributed by atoms with Crippen LogP contribution in [0, 0.1) is 0 Å². The Hall–Kier alpha value is -0.0800. The molecule has 1 heterocycles. The smallest absolute Gasteiger partial charge is 0.0182 e. The second-order valence-electron chi connectivity index (χ2n) is 4.99. The van der Waals surface area contributed by atoms with E-state index in [0.29, 0.717) is 5.54 Å². The zero-order valence-electron chi connectivity index (χ0n) is 9.05. The van der Waals surface area contributed by atoms with Gasteiger partial charge < -0.3 is 4.90 Å². The molecule has 2 fully saturated rings. The Kier molecular flexibility index (Phi) is 2.61. The highest BCUT2D eigenvalue weighted by Gasteiger charge is 2.35. The summed E-state index contributed by atoms with van der Waals surface area (Å²) in [6.45, 7) is 7.55. The van der Waals surface area contributed by atoms with Crippen LogP contribution in [0.2, 0.25) is 0 Å². The SMILES string of the molecule is CN1CCN(C2(C)CCCC2)CC1. The van der Waals surface area contributed by atoms with Gasteiger partial charge in [0, 0.05) is 31.7 Å². The van der Waals surface area contributed by atoms with Crippen molar-refractivity contribution in [3.63, 3.8) is 0 Å². The van der Waals surface area contributed by atoms with Gasteiger partial charge in [0.1, 0.15) is 0 Å². The van der Waals surface area contributed by atoms with Crippen LogP contribution in [0.4, 0.5) is 0 Å². The van der Waals surface area contributed by atoms with Gasteiger partial charge in [-0.2, -0.15) is 0 Å². The molecule has 0 N–H and O–H groups in total. The lowest BCUT2D eigenvalue weighted by Gasteiger charge is -2.43. The van der Waals surface area contributed by atoms with Crippen molar-refractivity contribution in [1.29, 1.82) is 0 Å². The molecule has 13 heavy (non-hydrogen) atoms. The van der Waals surface area contributed by atoms with Gasteiger partial charge >= 0.3 is 0 Å². The molecule has 76 valence electrons. The predicted octanol–water partition coefficient (Wildman–Crippen LogP) is 1.57. The molecular weight excluding hydrogens is 160 g/mol. The molecule has 1 aliphatic carbocycles. The fraction of sp³-hybridized carbons (Fsp3) is 1.00. The standard InChI is InChI=1S/C11H22N2/c1-11(5-3-4-6-11)13-9-7-12(2)8-10-13/h3-10H2,1-2H3. The Labute approximate surface area is 81.9 Å². The van der Waals surface area contributed by atoms with Crippen LogP contribution in [-0.2, 0) is 0 Å². The van der Waals surface area contributed by atoms with Crippen molar-refractivity contribution in [1.82, 2.24) is 9.80 Å². The molecule has 0 atom stereocenters. The minimum Gasteiger partial charge on any atom is -0.304 e. The maximum Gasteiger partial charge on any atom is 0.0182 e. The van der Waals surface area contributed by atoms with Gasteiger partial charge in [0.15, 0.2) is 0 Å². The average Bonchev–Trinajstić information content (AvgIpc) is 2.54. The molecule has 2 nitrogen and oxygen atoms in total.